The molecule has 0 aromatic heterocycles. The minimum atomic E-state index is -0.431. The number of anilines is 1. The van der Waals surface area contributed by atoms with Crippen molar-refractivity contribution < 1.29 is 14.0 Å². The second-order valence-electron chi connectivity index (χ2n) is 6.52. The van der Waals surface area contributed by atoms with Crippen molar-refractivity contribution in [1.29, 1.82) is 0 Å². The molecule has 2 aliphatic heterocycles. The Labute approximate surface area is 151 Å². The van der Waals surface area contributed by atoms with Gasteiger partial charge in [-0.2, -0.15) is 11.8 Å². The van der Waals surface area contributed by atoms with Gasteiger partial charge in [0, 0.05) is 30.5 Å². The third kappa shape index (κ3) is 4.95. The van der Waals surface area contributed by atoms with Gasteiger partial charge in [0.1, 0.15) is 5.82 Å². The molecule has 0 atom stereocenters. The molecule has 0 spiro atoms. The van der Waals surface area contributed by atoms with Gasteiger partial charge in [-0.05, 0) is 38.1 Å². The molecule has 0 saturated carbocycles. The maximum atomic E-state index is 13.6. The minimum absolute atomic E-state index is 0.0778. The Balaban J connectivity index is 1.43. The van der Waals surface area contributed by atoms with E-state index in [2.05, 4.69) is 5.32 Å². The van der Waals surface area contributed by atoms with Crippen molar-refractivity contribution in [3.05, 3.63) is 30.1 Å². The summed E-state index contributed by atoms with van der Waals surface area (Å²) in [6.45, 7) is 3.40. The Bertz CT molecular complexity index is 614. The van der Waals surface area contributed by atoms with E-state index in [1.54, 1.807) is 18.2 Å². The molecule has 136 valence electrons. The summed E-state index contributed by atoms with van der Waals surface area (Å²) in [4.78, 5) is 28.7. The van der Waals surface area contributed by atoms with Crippen molar-refractivity contribution in [2.75, 3.05) is 49.5 Å². The first-order valence-corrected chi connectivity index (χ1v) is 9.92. The van der Waals surface area contributed by atoms with Crippen molar-refractivity contribution in [3.63, 3.8) is 0 Å². The number of piperidine rings is 1. The van der Waals surface area contributed by atoms with Crippen LogP contribution in [0.3, 0.4) is 0 Å². The van der Waals surface area contributed by atoms with E-state index in [0.717, 1.165) is 50.5 Å². The fourth-order valence-corrected chi connectivity index (χ4v) is 4.24. The normalized spacial score (nSPS) is 19.6. The summed E-state index contributed by atoms with van der Waals surface area (Å²) in [5.74, 6) is 1.76. The first-order valence-electron chi connectivity index (χ1n) is 8.77. The van der Waals surface area contributed by atoms with E-state index in [0.29, 0.717) is 0 Å². The summed E-state index contributed by atoms with van der Waals surface area (Å²) >= 11 is 1.90. The molecule has 3 rings (SSSR count). The average Bonchev–Trinajstić information content (AvgIpc) is 2.64. The van der Waals surface area contributed by atoms with Gasteiger partial charge >= 0.3 is 0 Å². The molecule has 0 aliphatic carbocycles. The van der Waals surface area contributed by atoms with Gasteiger partial charge < -0.3 is 10.2 Å². The van der Waals surface area contributed by atoms with Gasteiger partial charge in [0.2, 0.25) is 11.8 Å². The first-order chi connectivity index (χ1) is 12.1. The summed E-state index contributed by atoms with van der Waals surface area (Å²) < 4.78 is 13.6. The van der Waals surface area contributed by atoms with E-state index in [9.17, 15) is 14.0 Å². The van der Waals surface area contributed by atoms with Crippen molar-refractivity contribution >= 4 is 29.3 Å². The standard InChI is InChI=1S/C18H24FN3O2S/c19-15-3-1-2-4-16(15)20-17(23)13-21-7-5-14(6-8-21)18(24)22-9-11-25-12-10-22/h1-4,14H,5-13H2,(H,20,23). The smallest absolute Gasteiger partial charge is 0.238 e. The highest BCUT2D eigenvalue weighted by Crippen LogP contribution is 2.22. The molecule has 1 N–H and O–H groups in total. The maximum absolute atomic E-state index is 13.6. The van der Waals surface area contributed by atoms with E-state index >= 15 is 0 Å². The lowest BCUT2D eigenvalue weighted by Crippen LogP contribution is -2.46. The van der Waals surface area contributed by atoms with E-state index in [1.165, 1.54) is 6.07 Å². The topological polar surface area (TPSA) is 52.7 Å². The Morgan fingerprint density at radius 3 is 2.48 bits per heavy atom. The highest BCUT2D eigenvalue weighted by molar-refractivity contribution is 7.99. The molecule has 2 amide bonds. The zero-order valence-electron chi connectivity index (χ0n) is 14.2. The van der Waals surface area contributed by atoms with Crippen LogP contribution in [-0.2, 0) is 9.59 Å². The van der Waals surface area contributed by atoms with Gasteiger partial charge in [0.15, 0.2) is 0 Å². The number of hydrogen-bond acceptors (Lipinski definition) is 4. The second kappa shape index (κ2) is 8.67. The number of para-hydroxylation sites is 1. The molecule has 2 aliphatic rings. The highest BCUT2D eigenvalue weighted by atomic mass is 32.2. The Morgan fingerprint density at radius 1 is 1.12 bits per heavy atom. The summed E-state index contributed by atoms with van der Waals surface area (Å²) in [7, 11) is 0. The van der Waals surface area contributed by atoms with Gasteiger partial charge in [-0.25, -0.2) is 4.39 Å². The molecule has 1 aromatic carbocycles. The number of carbonyl (C=O) groups excluding carboxylic acids is 2. The van der Waals surface area contributed by atoms with Gasteiger partial charge in [-0.3, -0.25) is 14.5 Å². The van der Waals surface area contributed by atoms with Gasteiger partial charge in [0.05, 0.1) is 12.2 Å². The fraction of sp³-hybridized carbons (Fsp3) is 0.556. The molecule has 7 heteroatoms. The molecular weight excluding hydrogens is 341 g/mol. The maximum Gasteiger partial charge on any atom is 0.238 e. The predicted octanol–water partition coefficient (Wildman–Crippen LogP) is 2.05. The third-order valence-electron chi connectivity index (χ3n) is 4.77. The number of amides is 2. The zero-order chi connectivity index (χ0) is 17.6. The minimum Gasteiger partial charge on any atom is -0.341 e. The van der Waals surface area contributed by atoms with Gasteiger partial charge in [-0.1, -0.05) is 12.1 Å². The van der Waals surface area contributed by atoms with E-state index in [4.69, 9.17) is 0 Å². The molecule has 2 heterocycles. The number of thioether (sulfide) groups is 1. The largest absolute Gasteiger partial charge is 0.341 e. The van der Waals surface area contributed by atoms with Crippen molar-refractivity contribution in [3.8, 4) is 0 Å². The molecule has 0 unspecified atom stereocenters. The lowest BCUT2D eigenvalue weighted by atomic mass is 9.95. The number of hydrogen-bond donors (Lipinski definition) is 1. The zero-order valence-corrected chi connectivity index (χ0v) is 15.1. The van der Waals surface area contributed by atoms with Crippen LogP contribution in [0.25, 0.3) is 0 Å². The van der Waals surface area contributed by atoms with Crippen LogP contribution in [0.4, 0.5) is 10.1 Å². The number of benzene rings is 1. The molecule has 0 bridgehead atoms. The van der Waals surface area contributed by atoms with Crippen molar-refractivity contribution in [2.45, 2.75) is 12.8 Å². The Kier molecular flexibility index (Phi) is 6.31. The van der Waals surface area contributed by atoms with E-state index < -0.39 is 5.82 Å². The number of likely N-dealkylation sites (tertiary alicyclic amines) is 1. The van der Waals surface area contributed by atoms with Crippen LogP contribution >= 0.6 is 11.8 Å². The number of halogens is 1. The summed E-state index contributed by atoms with van der Waals surface area (Å²) in [6.07, 6.45) is 1.57. The van der Waals surface area contributed by atoms with Gasteiger partial charge in [0.25, 0.3) is 0 Å². The Hall–Kier alpha value is -1.60. The number of rotatable bonds is 4. The van der Waals surface area contributed by atoms with Crippen LogP contribution in [0.15, 0.2) is 24.3 Å². The van der Waals surface area contributed by atoms with Crippen LogP contribution in [0.5, 0.6) is 0 Å². The predicted molar refractivity (Wildman–Crippen MR) is 98.1 cm³/mol. The molecule has 5 nitrogen and oxygen atoms in total. The van der Waals surface area contributed by atoms with Crippen LogP contribution in [0.1, 0.15) is 12.8 Å². The quantitative estimate of drug-likeness (QED) is 0.887. The van der Waals surface area contributed by atoms with Crippen molar-refractivity contribution in [2.24, 2.45) is 5.92 Å². The van der Waals surface area contributed by atoms with Crippen LogP contribution in [-0.4, -0.2) is 65.8 Å². The lowest BCUT2D eigenvalue weighted by molar-refractivity contribution is -0.136. The lowest BCUT2D eigenvalue weighted by Gasteiger charge is -2.35. The summed E-state index contributed by atoms with van der Waals surface area (Å²) in [5, 5.41) is 2.61. The SMILES string of the molecule is O=C(CN1CCC(C(=O)N2CCSCC2)CC1)Nc1ccccc1F. The number of nitrogens with one attached hydrogen (secondary N) is 1. The molecular formula is C18H24FN3O2S. The molecule has 2 fully saturated rings. The average molecular weight is 365 g/mol. The molecule has 25 heavy (non-hydrogen) atoms. The summed E-state index contributed by atoms with van der Waals surface area (Å²) in [6, 6.07) is 6.16. The van der Waals surface area contributed by atoms with Gasteiger partial charge in [-0.15, -0.1) is 0 Å². The van der Waals surface area contributed by atoms with Crippen LogP contribution < -0.4 is 5.32 Å². The highest BCUT2D eigenvalue weighted by Gasteiger charge is 2.29. The third-order valence-corrected chi connectivity index (χ3v) is 5.72. The number of nitrogens with zero attached hydrogens (tertiary/aromatic N) is 2. The molecule has 1 aromatic rings. The van der Waals surface area contributed by atoms with Crippen LogP contribution in [0, 0.1) is 11.7 Å². The molecule has 2 saturated heterocycles. The summed E-state index contributed by atoms with van der Waals surface area (Å²) in [5.41, 5.74) is 0.209. The van der Waals surface area contributed by atoms with Crippen molar-refractivity contribution in [1.82, 2.24) is 9.80 Å². The number of carbonyl (C=O) groups is 2. The Morgan fingerprint density at radius 2 is 1.80 bits per heavy atom. The van der Waals surface area contributed by atoms with Crippen LogP contribution in [0.2, 0.25) is 0 Å². The molecule has 0 radical (unpaired) electrons. The monoisotopic (exact) mass is 365 g/mol. The second-order valence-corrected chi connectivity index (χ2v) is 7.74. The van der Waals surface area contributed by atoms with E-state index in [-0.39, 0.29) is 30.0 Å². The first kappa shape index (κ1) is 18.2. The fourth-order valence-electron chi connectivity index (χ4n) is 3.34. The van der Waals surface area contributed by atoms with E-state index in [1.807, 2.05) is 21.6 Å².